The van der Waals surface area contributed by atoms with Crippen LogP contribution in [0.25, 0.3) is 0 Å². The molecule has 3 rings (SSSR count). The summed E-state index contributed by atoms with van der Waals surface area (Å²) in [7, 11) is 0. The molecule has 2 aliphatic rings. The van der Waals surface area contributed by atoms with E-state index in [0.29, 0.717) is 12.5 Å². The minimum atomic E-state index is -0.0758. The van der Waals surface area contributed by atoms with Crippen molar-refractivity contribution in [2.24, 2.45) is 5.92 Å². The Labute approximate surface area is 113 Å². The van der Waals surface area contributed by atoms with Gasteiger partial charge in [0.25, 0.3) is 0 Å². The Hall–Kier alpha value is -1.41. The van der Waals surface area contributed by atoms with Crippen LogP contribution in [0.4, 0.5) is 0 Å². The standard InChI is InChI=1S/C15H19N3O/c16-9-13-12-7-4-8-14(15(12)18-17-13)19-10-11-5-2-1-3-6-11/h1-3,5-6,12-15,17-18H,4,7-8,10H2. The SMILES string of the molecule is N#CC1NNC2C(OCc3ccccc3)CCCC12. The fourth-order valence-electron chi connectivity index (χ4n) is 3.15. The van der Waals surface area contributed by atoms with Gasteiger partial charge in [-0.25, -0.2) is 5.43 Å². The number of nitrogens with zero attached hydrogens (tertiary/aromatic N) is 1. The molecule has 0 aromatic heterocycles. The lowest BCUT2D eigenvalue weighted by Gasteiger charge is -2.33. The summed E-state index contributed by atoms with van der Waals surface area (Å²) in [5, 5.41) is 9.11. The molecule has 1 aromatic rings. The number of fused-ring (bicyclic) bond motifs is 1. The Morgan fingerprint density at radius 1 is 1.21 bits per heavy atom. The van der Waals surface area contributed by atoms with Crippen LogP contribution in [-0.2, 0) is 11.3 Å². The summed E-state index contributed by atoms with van der Waals surface area (Å²) >= 11 is 0. The first-order valence-corrected chi connectivity index (χ1v) is 6.94. The predicted octanol–water partition coefficient (Wildman–Crippen LogP) is 1.74. The third-order valence-corrected chi connectivity index (χ3v) is 4.17. The largest absolute Gasteiger partial charge is 0.372 e. The third kappa shape index (κ3) is 2.64. The molecule has 0 amide bonds. The van der Waals surface area contributed by atoms with Crippen molar-refractivity contribution in [2.45, 2.75) is 44.1 Å². The summed E-state index contributed by atoms with van der Waals surface area (Å²) < 4.78 is 6.06. The van der Waals surface area contributed by atoms with E-state index in [4.69, 9.17) is 10.00 Å². The first-order chi connectivity index (χ1) is 9.38. The molecule has 2 N–H and O–H groups in total. The quantitative estimate of drug-likeness (QED) is 0.866. The highest BCUT2D eigenvalue weighted by Crippen LogP contribution is 2.32. The van der Waals surface area contributed by atoms with Crippen LogP contribution in [0.15, 0.2) is 30.3 Å². The molecular formula is C15H19N3O. The van der Waals surface area contributed by atoms with Gasteiger partial charge in [-0.3, -0.25) is 5.43 Å². The number of nitriles is 1. The van der Waals surface area contributed by atoms with Gasteiger partial charge in [-0.05, 0) is 18.4 Å². The van der Waals surface area contributed by atoms with Crippen molar-refractivity contribution in [1.82, 2.24) is 10.9 Å². The van der Waals surface area contributed by atoms with Gasteiger partial charge in [-0.15, -0.1) is 0 Å². The molecular weight excluding hydrogens is 238 g/mol. The zero-order valence-corrected chi connectivity index (χ0v) is 10.9. The molecule has 1 saturated heterocycles. The summed E-state index contributed by atoms with van der Waals surface area (Å²) in [6, 6.07) is 12.8. The Kier molecular flexibility index (Phi) is 3.79. The van der Waals surface area contributed by atoms with Crippen LogP contribution in [0.2, 0.25) is 0 Å². The number of nitrogens with one attached hydrogen (secondary N) is 2. The number of hydrazine groups is 1. The lowest BCUT2D eigenvalue weighted by Crippen LogP contribution is -2.45. The zero-order valence-electron chi connectivity index (χ0n) is 10.9. The van der Waals surface area contributed by atoms with Gasteiger partial charge < -0.3 is 4.74 Å². The normalized spacial score (nSPS) is 33.6. The molecule has 1 aromatic carbocycles. The van der Waals surface area contributed by atoms with E-state index in [1.807, 2.05) is 18.2 Å². The van der Waals surface area contributed by atoms with Crippen molar-refractivity contribution >= 4 is 0 Å². The van der Waals surface area contributed by atoms with E-state index in [1.54, 1.807) is 0 Å². The van der Waals surface area contributed by atoms with Crippen LogP contribution >= 0.6 is 0 Å². The van der Waals surface area contributed by atoms with E-state index in [2.05, 4.69) is 29.1 Å². The Bertz CT molecular complexity index is 456. The Morgan fingerprint density at radius 3 is 2.84 bits per heavy atom. The molecule has 0 radical (unpaired) electrons. The second-order valence-corrected chi connectivity index (χ2v) is 5.35. The Morgan fingerprint density at radius 2 is 2.05 bits per heavy atom. The average molecular weight is 257 g/mol. The van der Waals surface area contributed by atoms with Crippen molar-refractivity contribution in [1.29, 1.82) is 5.26 Å². The number of hydrogen-bond acceptors (Lipinski definition) is 4. The highest BCUT2D eigenvalue weighted by molar-refractivity contribution is 5.13. The summed E-state index contributed by atoms with van der Waals surface area (Å²) in [4.78, 5) is 0. The van der Waals surface area contributed by atoms with E-state index in [9.17, 15) is 0 Å². The molecule has 100 valence electrons. The van der Waals surface area contributed by atoms with Gasteiger partial charge >= 0.3 is 0 Å². The molecule has 1 heterocycles. The molecule has 0 bridgehead atoms. The number of benzene rings is 1. The third-order valence-electron chi connectivity index (χ3n) is 4.17. The van der Waals surface area contributed by atoms with Crippen LogP contribution in [-0.4, -0.2) is 18.2 Å². The molecule has 4 nitrogen and oxygen atoms in total. The van der Waals surface area contributed by atoms with Crippen LogP contribution < -0.4 is 10.9 Å². The van der Waals surface area contributed by atoms with E-state index >= 15 is 0 Å². The molecule has 19 heavy (non-hydrogen) atoms. The predicted molar refractivity (Wildman–Crippen MR) is 71.8 cm³/mol. The molecule has 1 aliphatic heterocycles. The topological polar surface area (TPSA) is 57.1 Å². The van der Waals surface area contributed by atoms with Crippen molar-refractivity contribution in [3.63, 3.8) is 0 Å². The maximum absolute atomic E-state index is 9.11. The lowest BCUT2D eigenvalue weighted by molar-refractivity contribution is -0.0135. The van der Waals surface area contributed by atoms with Gasteiger partial charge in [-0.2, -0.15) is 5.26 Å². The summed E-state index contributed by atoms with van der Waals surface area (Å²) in [6.45, 7) is 0.646. The first kappa shape index (κ1) is 12.6. The van der Waals surface area contributed by atoms with Gasteiger partial charge in [0.2, 0.25) is 0 Å². The van der Waals surface area contributed by atoms with Gasteiger partial charge in [0, 0.05) is 5.92 Å². The summed E-state index contributed by atoms with van der Waals surface area (Å²) in [6.07, 6.45) is 3.52. The molecule has 4 unspecified atom stereocenters. The smallest absolute Gasteiger partial charge is 0.112 e. The summed E-state index contributed by atoms with van der Waals surface area (Å²) in [5.74, 6) is 0.375. The van der Waals surface area contributed by atoms with E-state index < -0.39 is 0 Å². The van der Waals surface area contributed by atoms with Crippen molar-refractivity contribution in [3.05, 3.63) is 35.9 Å². The lowest BCUT2D eigenvalue weighted by atomic mass is 9.80. The molecule has 4 heteroatoms. The highest BCUT2D eigenvalue weighted by atomic mass is 16.5. The van der Waals surface area contributed by atoms with E-state index in [0.717, 1.165) is 19.3 Å². The molecule has 1 saturated carbocycles. The monoisotopic (exact) mass is 257 g/mol. The van der Waals surface area contributed by atoms with Crippen LogP contribution in [0.3, 0.4) is 0 Å². The van der Waals surface area contributed by atoms with Crippen molar-refractivity contribution in [2.75, 3.05) is 0 Å². The van der Waals surface area contributed by atoms with E-state index in [-0.39, 0.29) is 18.2 Å². The zero-order chi connectivity index (χ0) is 13.1. The maximum atomic E-state index is 9.11. The van der Waals surface area contributed by atoms with Crippen LogP contribution in [0.5, 0.6) is 0 Å². The fourth-order valence-corrected chi connectivity index (χ4v) is 3.15. The number of hydrogen-bond donors (Lipinski definition) is 2. The second kappa shape index (κ2) is 5.70. The average Bonchev–Trinajstić information content (AvgIpc) is 2.90. The number of ether oxygens (including phenoxy) is 1. The Balaban J connectivity index is 1.61. The molecule has 4 atom stereocenters. The molecule has 1 aliphatic carbocycles. The fraction of sp³-hybridized carbons (Fsp3) is 0.533. The molecule has 2 fully saturated rings. The van der Waals surface area contributed by atoms with Gasteiger partial charge in [0.1, 0.15) is 6.04 Å². The first-order valence-electron chi connectivity index (χ1n) is 6.94. The minimum absolute atomic E-state index is 0.0758. The molecule has 0 spiro atoms. The van der Waals surface area contributed by atoms with E-state index in [1.165, 1.54) is 5.56 Å². The second-order valence-electron chi connectivity index (χ2n) is 5.35. The number of rotatable bonds is 3. The summed E-state index contributed by atoms with van der Waals surface area (Å²) in [5.41, 5.74) is 7.54. The van der Waals surface area contributed by atoms with Crippen LogP contribution in [0, 0.1) is 17.2 Å². The van der Waals surface area contributed by atoms with Crippen molar-refractivity contribution < 1.29 is 4.74 Å². The van der Waals surface area contributed by atoms with Gasteiger partial charge in [0.05, 0.1) is 24.8 Å². The van der Waals surface area contributed by atoms with Gasteiger partial charge in [0.15, 0.2) is 0 Å². The van der Waals surface area contributed by atoms with Crippen LogP contribution in [0.1, 0.15) is 24.8 Å². The van der Waals surface area contributed by atoms with Crippen molar-refractivity contribution in [3.8, 4) is 6.07 Å². The van der Waals surface area contributed by atoms with Gasteiger partial charge in [-0.1, -0.05) is 36.8 Å². The highest BCUT2D eigenvalue weighted by Gasteiger charge is 2.43. The minimum Gasteiger partial charge on any atom is -0.372 e. The maximum Gasteiger partial charge on any atom is 0.112 e.